The van der Waals surface area contributed by atoms with Crippen LogP contribution in [-0.2, 0) is 9.47 Å². The average Bonchev–Trinajstić information content (AvgIpc) is 2.20. The Morgan fingerprint density at radius 2 is 0.929 bits per heavy atom. The summed E-state index contributed by atoms with van der Waals surface area (Å²) in [5, 5.41) is 37.7. The number of rotatable bonds is 2. The molecular weight excluding hydrogens is 192 g/mol. The van der Waals surface area contributed by atoms with E-state index >= 15 is 0 Å². The van der Waals surface area contributed by atoms with Gasteiger partial charge in [-0.2, -0.15) is 0 Å². The first-order valence-corrected chi connectivity index (χ1v) is 4.32. The zero-order valence-electron chi connectivity index (χ0n) is 8.07. The fourth-order valence-corrected chi connectivity index (χ4v) is 1.73. The first-order valence-electron chi connectivity index (χ1n) is 4.32. The summed E-state index contributed by atoms with van der Waals surface area (Å²) in [6, 6.07) is 0. The van der Waals surface area contributed by atoms with Gasteiger partial charge in [-0.25, -0.2) is 0 Å². The first-order chi connectivity index (χ1) is 6.54. The van der Waals surface area contributed by atoms with E-state index in [1.165, 1.54) is 14.2 Å². The minimum atomic E-state index is -1.43. The molecule has 0 amide bonds. The third-order valence-corrected chi connectivity index (χ3v) is 2.59. The van der Waals surface area contributed by atoms with Gasteiger partial charge < -0.3 is 29.9 Å². The highest BCUT2D eigenvalue weighted by atomic mass is 16.6. The second-order valence-electron chi connectivity index (χ2n) is 3.36. The summed E-state index contributed by atoms with van der Waals surface area (Å²) in [6.45, 7) is 0. The van der Waals surface area contributed by atoms with Crippen LogP contribution in [0.4, 0.5) is 0 Å². The van der Waals surface area contributed by atoms with Crippen molar-refractivity contribution in [1.82, 2.24) is 0 Å². The van der Waals surface area contributed by atoms with Gasteiger partial charge in [-0.3, -0.25) is 0 Å². The van der Waals surface area contributed by atoms with Crippen molar-refractivity contribution in [3.8, 4) is 0 Å². The summed E-state index contributed by atoms with van der Waals surface area (Å²) < 4.78 is 9.78. The summed E-state index contributed by atoms with van der Waals surface area (Å²) in [7, 11) is 2.66. The van der Waals surface area contributed by atoms with E-state index in [0.717, 1.165) is 0 Å². The second kappa shape index (κ2) is 4.52. The number of methoxy groups -OCH3 is 2. The molecule has 4 N–H and O–H groups in total. The molecule has 0 bridgehead atoms. The third kappa shape index (κ3) is 1.77. The van der Waals surface area contributed by atoms with Gasteiger partial charge in [0.15, 0.2) is 0 Å². The van der Waals surface area contributed by atoms with Crippen LogP contribution in [0, 0.1) is 0 Å². The molecule has 84 valence electrons. The fourth-order valence-electron chi connectivity index (χ4n) is 1.73. The predicted octanol–water partition coefficient (Wildman–Crippen LogP) is -2.53. The Hall–Kier alpha value is -0.240. The van der Waals surface area contributed by atoms with Gasteiger partial charge in [-0.1, -0.05) is 0 Å². The monoisotopic (exact) mass is 208 g/mol. The molecule has 0 radical (unpaired) electrons. The molecule has 6 atom stereocenters. The van der Waals surface area contributed by atoms with Gasteiger partial charge in [0.25, 0.3) is 0 Å². The van der Waals surface area contributed by atoms with Gasteiger partial charge in [-0.05, 0) is 0 Å². The number of aliphatic hydroxyl groups is 4. The lowest BCUT2D eigenvalue weighted by Gasteiger charge is -2.42. The summed E-state index contributed by atoms with van der Waals surface area (Å²) in [6.07, 6.45) is -7.11. The van der Waals surface area contributed by atoms with Gasteiger partial charge in [0.1, 0.15) is 36.6 Å². The molecule has 0 aromatic carbocycles. The molecule has 0 aromatic rings. The molecule has 1 aliphatic carbocycles. The van der Waals surface area contributed by atoms with E-state index < -0.39 is 36.6 Å². The molecular formula is C8H16O6. The van der Waals surface area contributed by atoms with E-state index in [2.05, 4.69) is 0 Å². The van der Waals surface area contributed by atoms with Crippen molar-refractivity contribution in [2.24, 2.45) is 0 Å². The van der Waals surface area contributed by atoms with Crippen molar-refractivity contribution in [2.75, 3.05) is 14.2 Å². The molecule has 1 saturated carbocycles. The summed E-state index contributed by atoms with van der Waals surface area (Å²) in [5.74, 6) is 0. The quantitative estimate of drug-likeness (QED) is 0.399. The van der Waals surface area contributed by atoms with Crippen LogP contribution in [0.15, 0.2) is 0 Å². The van der Waals surface area contributed by atoms with Gasteiger partial charge in [-0.15, -0.1) is 0 Å². The Labute approximate surface area is 81.7 Å². The molecule has 6 nitrogen and oxygen atoms in total. The van der Waals surface area contributed by atoms with Crippen molar-refractivity contribution in [3.63, 3.8) is 0 Å². The van der Waals surface area contributed by atoms with Crippen molar-refractivity contribution in [3.05, 3.63) is 0 Å². The summed E-state index contributed by atoms with van der Waals surface area (Å²) >= 11 is 0. The smallest absolute Gasteiger partial charge is 0.114 e. The largest absolute Gasteiger partial charge is 0.387 e. The lowest BCUT2D eigenvalue weighted by Crippen LogP contribution is -2.64. The standard InChI is InChI=1S/C8H16O6/c1-13-7-5(11)3(9)4(10)6(12)8(7)14-2/h3-12H,1-2H3/t3-,4-,5+,6+,7-,8+/m1/s1. The third-order valence-electron chi connectivity index (χ3n) is 2.59. The molecule has 0 spiro atoms. The molecule has 1 fully saturated rings. The van der Waals surface area contributed by atoms with Crippen molar-refractivity contribution >= 4 is 0 Å². The van der Waals surface area contributed by atoms with Crippen molar-refractivity contribution < 1.29 is 29.9 Å². The minimum absolute atomic E-state index is 0.853. The highest BCUT2D eigenvalue weighted by Crippen LogP contribution is 2.25. The minimum Gasteiger partial charge on any atom is -0.387 e. The van der Waals surface area contributed by atoms with Crippen LogP contribution >= 0.6 is 0 Å². The lowest BCUT2D eigenvalue weighted by molar-refractivity contribution is -0.235. The maximum Gasteiger partial charge on any atom is 0.114 e. The maximum atomic E-state index is 9.50. The molecule has 0 aliphatic heterocycles. The van der Waals surface area contributed by atoms with Crippen LogP contribution in [0.25, 0.3) is 0 Å². The van der Waals surface area contributed by atoms with Crippen LogP contribution in [-0.4, -0.2) is 71.3 Å². The second-order valence-corrected chi connectivity index (χ2v) is 3.36. The Bertz CT molecular complexity index is 167. The van der Waals surface area contributed by atoms with Crippen LogP contribution < -0.4 is 0 Å². The Kier molecular flexibility index (Phi) is 3.82. The number of ether oxygens (including phenoxy) is 2. The van der Waals surface area contributed by atoms with E-state index in [4.69, 9.17) is 9.47 Å². The van der Waals surface area contributed by atoms with E-state index in [-0.39, 0.29) is 0 Å². The highest BCUT2D eigenvalue weighted by Gasteiger charge is 2.49. The van der Waals surface area contributed by atoms with Crippen LogP contribution in [0.3, 0.4) is 0 Å². The summed E-state index contributed by atoms with van der Waals surface area (Å²) in [5.41, 5.74) is 0. The van der Waals surface area contributed by atoms with Crippen LogP contribution in [0.1, 0.15) is 0 Å². The first kappa shape index (κ1) is 11.8. The topological polar surface area (TPSA) is 99.4 Å². The zero-order chi connectivity index (χ0) is 10.9. The van der Waals surface area contributed by atoms with Gasteiger partial charge >= 0.3 is 0 Å². The SMILES string of the molecule is CO[C@@H]1[C@@H](O)[C@H](O)[C@@H](O)[C@H](O)[C@@H]1OC. The number of hydrogen-bond acceptors (Lipinski definition) is 6. The molecule has 0 heterocycles. The van der Waals surface area contributed by atoms with Gasteiger partial charge in [0.05, 0.1) is 0 Å². The molecule has 0 aromatic heterocycles. The normalized spacial score (nSPS) is 49.3. The Morgan fingerprint density at radius 1 is 0.643 bits per heavy atom. The lowest BCUT2D eigenvalue weighted by atomic mass is 9.85. The fraction of sp³-hybridized carbons (Fsp3) is 1.00. The van der Waals surface area contributed by atoms with E-state index in [9.17, 15) is 20.4 Å². The predicted molar refractivity (Wildman–Crippen MR) is 45.6 cm³/mol. The van der Waals surface area contributed by atoms with Crippen molar-refractivity contribution in [1.29, 1.82) is 0 Å². The Balaban J connectivity index is 2.84. The van der Waals surface area contributed by atoms with E-state index in [1.807, 2.05) is 0 Å². The zero-order valence-corrected chi connectivity index (χ0v) is 8.07. The van der Waals surface area contributed by atoms with Gasteiger partial charge in [0.2, 0.25) is 0 Å². The van der Waals surface area contributed by atoms with E-state index in [1.54, 1.807) is 0 Å². The molecule has 6 heteroatoms. The molecule has 14 heavy (non-hydrogen) atoms. The van der Waals surface area contributed by atoms with E-state index in [0.29, 0.717) is 0 Å². The molecule has 1 aliphatic rings. The molecule has 1 rings (SSSR count). The van der Waals surface area contributed by atoms with Crippen LogP contribution in [0.2, 0.25) is 0 Å². The maximum absolute atomic E-state index is 9.50. The number of hydrogen-bond donors (Lipinski definition) is 4. The molecule has 0 saturated heterocycles. The van der Waals surface area contributed by atoms with Crippen molar-refractivity contribution in [2.45, 2.75) is 36.6 Å². The average molecular weight is 208 g/mol. The van der Waals surface area contributed by atoms with Crippen LogP contribution in [0.5, 0.6) is 0 Å². The highest BCUT2D eigenvalue weighted by molar-refractivity contribution is 4.99. The molecule has 0 unspecified atom stereocenters. The Morgan fingerprint density at radius 3 is 1.14 bits per heavy atom. The number of aliphatic hydroxyl groups excluding tert-OH is 4. The van der Waals surface area contributed by atoms with Gasteiger partial charge in [0, 0.05) is 14.2 Å². The summed E-state index contributed by atoms with van der Waals surface area (Å²) in [4.78, 5) is 0.